The van der Waals surface area contributed by atoms with Crippen molar-refractivity contribution in [1.82, 2.24) is 5.32 Å². The Hall–Kier alpha value is -1.56. The molecule has 0 aliphatic heterocycles. The summed E-state index contributed by atoms with van der Waals surface area (Å²) in [6, 6.07) is 4.79. The van der Waals surface area contributed by atoms with Gasteiger partial charge in [-0.15, -0.1) is 0 Å². The molecular formula is C11H13BrN2O3. The molecule has 0 bridgehead atoms. The first kappa shape index (κ1) is 13.5. The number of rotatable bonds is 4. The van der Waals surface area contributed by atoms with E-state index in [1.165, 1.54) is 0 Å². The molecule has 1 amide bonds. The van der Waals surface area contributed by atoms with Crippen molar-refractivity contribution < 1.29 is 14.3 Å². The molecule has 0 unspecified atom stereocenters. The van der Waals surface area contributed by atoms with Crippen molar-refractivity contribution in [2.45, 2.75) is 6.92 Å². The van der Waals surface area contributed by atoms with Crippen LogP contribution < -0.4 is 11.1 Å². The number of ether oxygens (including phenoxy) is 1. The molecule has 1 aromatic rings. The number of nitrogen functional groups attached to an aromatic ring is 1. The van der Waals surface area contributed by atoms with E-state index in [-0.39, 0.29) is 12.5 Å². The predicted octanol–water partition coefficient (Wildman–Crippen LogP) is 1.32. The maximum atomic E-state index is 11.6. The van der Waals surface area contributed by atoms with Crippen molar-refractivity contribution in [1.29, 1.82) is 0 Å². The third-order valence-corrected chi connectivity index (χ3v) is 2.65. The summed E-state index contributed by atoms with van der Waals surface area (Å²) in [5.41, 5.74) is 6.57. The topological polar surface area (TPSA) is 81.4 Å². The molecule has 0 radical (unpaired) electrons. The summed E-state index contributed by atoms with van der Waals surface area (Å²) in [6.07, 6.45) is 0. The zero-order valence-corrected chi connectivity index (χ0v) is 10.9. The van der Waals surface area contributed by atoms with Gasteiger partial charge in [0.15, 0.2) is 0 Å². The molecule has 0 spiro atoms. The molecule has 92 valence electrons. The van der Waals surface area contributed by atoms with Crippen LogP contribution in [-0.4, -0.2) is 25.0 Å². The minimum absolute atomic E-state index is 0.144. The molecule has 1 rings (SSSR count). The number of benzene rings is 1. The van der Waals surface area contributed by atoms with Crippen LogP contribution in [0.25, 0.3) is 0 Å². The Kier molecular flexibility index (Phi) is 4.96. The molecule has 5 nitrogen and oxygen atoms in total. The summed E-state index contributed by atoms with van der Waals surface area (Å²) in [7, 11) is 0. The fourth-order valence-electron chi connectivity index (χ4n) is 1.13. The number of carbonyl (C=O) groups excluding carboxylic acids is 2. The standard InChI is InChI=1S/C11H13BrN2O3/c1-2-17-10(15)6-14-11(16)7-3-4-9(13)8(12)5-7/h3-5H,2,6,13H2,1H3,(H,14,16). The van der Waals surface area contributed by atoms with Gasteiger partial charge in [0.2, 0.25) is 0 Å². The van der Waals surface area contributed by atoms with E-state index in [1.807, 2.05) is 0 Å². The fourth-order valence-corrected chi connectivity index (χ4v) is 1.51. The smallest absolute Gasteiger partial charge is 0.325 e. The van der Waals surface area contributed by atoms with E-state index in [0.717, 1.165) is 0 Å². The van der Waals surface area contributed by atoms with Crippen molar-refractivity contribution in [3.8, 4) is 0 Å². The van der Waals surface area contributed by atoms with Gasteiger partial charge in [-0.05, 0) is 41.1 Å². The van der Waals surface area contributed by atoms with Gasteiger partial charge in [0.25, 0.3) is 5.91 Å². The zero-order chi connectivity index (χ0) is 12.8. The minimum Gasteiger partial charge on any atom is -0.465 e. The normalized spacial score (nSPS) is 9.76. The maximum absolute atomic E-state index is 11.6. The van der Waals surface area contributed by atoms with Crippen LogP contribution in [0.4, 0.5) is 5.69 Å². The van der Waals surface area contributed by atoms with E-state index in [1.54, 1.807) is 25.1 Å². The van der Waals surface area contributed by atoms with Gasteiger partial charge in [-0.1, -0.05) is 0 Å². The van der Waals surface area contributed by atoms with Gasteiger partial charge in [-0.2, -0.15) is 0 Å². The van der Waals surface area contributed by atoms with Crippen molar-refractivity contribution in [3.63, 3.8) is 0 Å². The number of hydrogen-bond acceptors (Lipinski definition) is 4. The molecule has 1 aromatic carbocycles. The van der Waals surface area contributed by atoms with Crippen molar-refractivity contribution >= 4 is 33.5 Å². The summed E-state index contributed by atoms with van der Waals surface area (Å²) >= 11 is 3.22. The molecule has 0 saturated carbocycles. The number of anilines is 1. The molecule has 0 aromatic heterocycles. The lowest BCUT2D eigenvalue weighted by Gasteiger charge is -2.06. The Bertz CT molecular complexity index is 435. The number of hydrogen-bond donors (Lipinski definition) is 2. The zero-order valence-electron chi connectivity index (χ0n) is 9.33. The molecule has 17 heavy (non-hydrogen) atoms. The summed E-state index contributed by atoms with van der Waals surface area (Å²) in [4.78, 5) is 22.7. The monoisotopic (exact) mass is 300 g/mol. The number of nitrogens with two attached hydrogens (primary N) is 1. The lowest BCUT2D eigenvalue weighted by molar-refractivity contribution is -0.141. The summed E-state index contributed by atoms with van der Waals surface area (Å²) < 4.78 is 5.33. The predicted molar refractivity (Wildman–Crippen MR) is 67.5 cm³/mol. The van der Waals surface area contributed by atoms with E-state index >= 15 is 0 Å². The second-order valence-electron chi connectivity index (χ2n) is 3.22. The van der Waals surface area contributed by atoms with E-state index in [0.29, 0.717) is 22.3 Å². The van der Waals surface area contributed by atoms with E-state index in [4.69, 9.17) is 5.73 Å². The third-order valence-electron chi connectivity index (χ3n) is 1.96. The van der Waals surface area contributed by atoms with Crippen LogP contribution in [0.1, 0.15) is 17.3 Å². The highest BCUT2D eigenvalue weighted by Gasteiger charge is 2.09. The number of halogens is 1. The largest absolute Gasteiger partial charge is 0.465 e. The second-order valence-corrected chi connectivity index (χ2v) is 4.08. The first-order valence-electron chi connectivity index (χ1n) is 5.03. The van der Waals surface area contributed by atoms with Gasteiger partial charge in [0.1, 0.15) is 6.54 Å². The molecule has 6 heteroatoms. The number of esters is 1. The molecule has 0 saturated heterocycles. The molecule has 3 N–H and O–H groups in total. The molecule has 0 atom stereocenters. The molecule has 0 aliphatic carbocycles. The Balaban J connectivity index is 2.58. The molecular weight excluding hydrogens is 288 g/mol. The highest BCUT2D eigenvalue weighted by molar-refractivity contribution is 9.10. The highest BCUT2D eigenvalue weighted by atomic mass is 79.9. The average molecular weight is 301 g/mol. The quantitative estimate of drug-likeness (QED) is 0.649. The first-order valence-corrected chi connectivity index (χ1v) is 5.82. The van der Waals surface area contributed by atoms with Gasteiger partial charge < -0.3 is 15.8 Å². The van der Waals surface area contributed by atoms with Crippen LogP contribution in [-0.2, 0) is 9.53 Å². The summed E-state index contributed by atoms with van der Waals surface area (Å²) in [6.45, 7) is 1.85. The van der Waals surface area contributed by atoms with Crippen molar-refractivity contribution in [3.05, 3.63) is 28.2 Å². The summed E-state index contributed by atoms with van der Waals surface area (Å²) in [5.74, 6) is -0.811. The second kappa shape index (κ2) is 6.24. The van der Waals surface area contributed by atoms with E-state index in [2.05, 4.69) is 26.0 Å². The molecule has 0 aliphatic rings. The van der Waals surface area contributed by atoms with Crippen LogP contribution in [0, 0.1) is 0 Å². The summed E-state index contributed by atoms with van der Waals surface area (Å²) in [5, 5.41) is 2.46. The maximum Gasteiger partial charge on any atom is 0.325 e. The van der Waals surface area contributed by atoms with Gasteiger partial charge in [-0.3, -0.25) is 9.59 Å². The number of amides is 1. The number of nitrogens with one attached hydrogen (secondary N) is 1. The van der Waals surface area contributed by atoms with Gasteiger partial charge in [0.05, 0.1) is 6.61 Å². The van der Waals surface area contributed by atoms with Crippen LogP contribution in [0.2, 0.25) is 0 Å². The lowest BCUT2D eigenvalue weighted by atomic mass is 10.2. The SMILES string of the molecule is CCOC(=O)CNC(=O)c1ccc(N)c(Br)c1. The average Bonchev–Trinajstić information content (AvgIpc) is 2.30. The van der Waals surface area contributed by atoms with Crippen molar-refractivity contribution in [2.75, 3.05) is 18.9 Å². The molecule has 0 fully saturated rings. The van der Waals surface area contributed by atoms with Crippen LogP contribution in [0.15, 0.2) is 22.7 Å². The minimum atomic E-state index is -0.463. The van der Waals surface area contributed by atoms with E-state index < -0.39 is 5.97 Å². The Morgan fingerprint density at radius 1 is 1.47 bits per heavy atom. The van der Waals surface area contributed by atoms with Crippen LogP contribution in [0.3, 0.4) is 0 Å². The van der Waals surface area contributed by atoms with Gasteiger partial charge >= 0.3 is 5.97 Å². The number of carbonyl (C=O) groups is 2. The van der Waals surface area contributed by atoms with Gasteiger partial charge in [0, 0.05) is 15.7 Å². The third kappa shape index (κ3) is 4.07. The van der Waals surface area contributed by atoms with Crippen LogP contribution >= 0.6 is 15.9 Å². The Morgan fingerprint density at radius 2 is 2.18 bits per heavy atom. The lowest BCUT2D eigenvalue weighted by Crippen LogP contribution is -2.30. The van der Waals surface area contributed by atoms with E-state index in [9.17, 15) is 9.59 Å². The molecule has 0 heterocycles. The highest BCUT2D eigenvalue weighted by Crippen LogP contribution is 2.20. The van der Waals surface area contributed by atoms with Gasteiger partial charge in [-0.25, -0.2) is 0 Å². The first-order chi connectivity index (χ1) is 8.04. The Labute approximate surface area is 107 Å². The van der Waals surface area contributed by atoms with Crippen molar-refractivity contribution in [2.24, 2.45) is 0 Å². The fraction of sp³-hybridized carbons (Fsp3) is 0.273. The van der Waals surface area contributed by atoms with Crippen LogP contribution in [0.5, 0.6) is 0 Å². The Morgan fingerprint density at radius 3 is 2.76 bits per heavy atom.